The Labute approximate surface area is 338 Å². The predicted octanol–water partition coefficient (Wildman–Crippen LogP) is 9.20. The van der Waals surface area contributed by atoms with Gasteiger partial charge in [-0.05, 0) is 131 Å². The first-order valence-corrected chi connectivity index (χ1v) is 20.0. The number of anilines is 2. The SMILES string of the molecule is C=C.C=CCCC(NC)C(=C)NC.C=Cc1cc(NCC2CCN(C3CCN(c4ccc(/C(=C/C(=N)c5ccccc5C)C(=N)N)cc4)CC3)CC2)ccc1C. The molecule has 2 heterocycles. The molecule has 8 heteroatoms. The quantitative estimate of drug-likeness (QED) is 0.0494. The third-order valence-corrected chi connectivity index (χ3v) is 11.0. The van der Waals surface area contributed by atoms with Gasteiger partial charge in [-0.1, -0.05) is 67.8 Å². The Balaban J connectivity index is 0.000000559. The van der Waals surface area contributed by atoms with Crippen molar-refractivity contribution in [3.8, 4) is 0 Å². The van der Waals surface area contributed by atoms with E-state index in [-0.39, 0.29) is 5.84 Å². The fourth-order valence-electron chi connectivity index (χ4n) is 7.46. The second-order valence-electron chi connectivity index (χ2n) is 14.6. The Morgan fingerprint density at radius 2 is 1.55 bits per heavy atom. The monoisotopic (exact) mass is 757 g/mol. The van der Waals surface area contributed by atoms with Crippen molar-refractivity contribution in [2.75, 3.05) is 57.0 Å². The van der Waals surface area contributed by atoms with Crippen LogP contribution in [0.25, 0.3) is 11.6 Å². The van der Waals surface area contributed by atoms with Crippen molar-refractivity contribution in [1.29, 1.82) is 10.8 Å². The number of rotatable bonds is 16. The summed E-state index contributed by atoms with van der Waals surface area (Å²) in [7, 11) is 3.83. The van der Waals surface area contributed by atoms with Crippen molar-refractivity contribution in [2.24, 2.45) is 11.7 Å². The van der Waals surface area contributed by atoms with E-state index in [1.165, 1.54) is 61.3 Å². The maximum Gasteiger partial charge on any atom is 0.123 e. The van der Waals surface area contributed by atoms with Crippen LogP contribution in [-0.2, 0) is 0 Å². The number of allylic oxidation sites excluding steroid dienone is 2. The zero-order chi connectivity index (χ0) is 41.0. The van der Waals surface area contributed by atoms with Crippen LogP contribution in [0.4, 0.5) is 11.4 Å². The molecule has 2 aliphatic heterocycles. The molecule has 1 unspecified atom stereocenters. The van der Waals surface area contributed by atoms with Gasteiger partial charge in [-0.15, -0.1) is 19.7 Å². The standard InChI is InChI=1S/C37H46N6.C9H18N2.C2H4/c1-4-29-23-31(12-9-26(29)2)41-25-28-15-19-42(20-16-28)33-17-21-43(22-18-33)32-13-10-30(11-14-32)35(37(39)40)24-36(38)34-8-6-5-7-27(34)3;1-5-6-7-9(11-4)8(2)10-3;1-2/h4-14,23-24,28,33,38,41H,1,15-22,25H2,2-3H3,(H3,39,40);5,9-11H,1-2,6-7H2,3-4H3;1-2H2/b35-24-,38-36?;;. The van der Waals surface area contributed by atoms with E-state index in [1.807, 2.05) is 69.6 Å². The molecule has 300 valence electrons. The van der Waals surface area contributed by atoms with Gasteiger partial charge in [0.25, 0.3) is 0 Å². The highest BCUT2D eigenvalue weighted by Gasteiger charge is 2.28. The van der Waals surface area contributed by atoms with Crippen LogP contribution in [0.2, 0.25) is 0 Å². The number of nitrogens with one attached hydrogen (secondary N) is 5. The molecular weight excluding hydrogens is 689 g/mol. The van der Waals surface area contributed by atoms with Crippen molar-refractivity contribution >= 4 is 34.6 Å². The lowest BCUT2D eigenvalue weighted by Gasteiger charge is -2.42. The van der Waals surface area contributed by atoms with Gasteiger partial charge in [-0.3, -0.25) is 5.41 Å². The van der Waals surface area contributed by atoms with E-state index in [0.717, 1.165) is 60.8 Å². The maximum atomic E-state index is 8.59. The Bertz CT molecular complexity index is 1760. The molecule has 0 saturated carbocycles. The van der Waals surface area contributed by atoms with E-state index in [9.17, 15) is 0 Å². The third-order valence-electron chi connectivity index (χ3n) is 11.0. The Morgan fingerprint density at radius 3 is 2.12 bits per heavy atom. The summed E-state index contributed by atoms with van der Waals surface area (Å²) in [6.45, 7) is 27.1. The van der Waals surface area contributed by atoms with Gasteiger partial charge in [-0.25, -0.2) is 0 Å². The molecular formula is C48H68N8. The lowest BCUT2D eigenvalue weighted by Crippen LogP contribution is -2.48. The first-order chi connectivity index (χ1) is 27.1. The van der Waals surface area contributed by atoms with Crippen LogP contribution >= 0.6 is 0 Å². The van der Waals surface area contributed by atoms with Crippen LogP contribution in [0.5, 0.6) is 0 Å². The first kappa shape index (κ1) is 45.2. The van der Waals surface area contributed by atoms with Gasteiger partial charge >= 0.3 is 0 Å². The number of aryl methyl sites for hydroxylation is 2. The smallest absolute Gasteiger partial charge is 0.123 e. The number of likely N-dealkylation sites (tertiary alicyclic amines) is 1. The second-order valence-corrected chi connectivity index (χ2v) is 14.6. The van der Waals surface area contributed by atoms with Gasteiger partial charge in [0.2, 0.25) is 0 Å². The van der Waals surface area contributed by atoms with Gasteiger partial charge in [0, 0.05) is 67.0 Å². The van der Waals surface area contributed by atoms with Crippen molar-refractivity contribution < 1.29 is 0 Å². The number of hydrogen-bond donors (Lipinski definition) is 6. The van der Waals surface area contributed by atoms with Crippen molar-refractivity contribution in [2.45, 2.75) is 64.5 Å². The highest BCUT2D eigenvalue weighted by molar-refractivity contribution is 6.27. The lowest BCUT2D eigenvalue weighted by molar-refractivity contribution is 0.118. The first-order valence-electron chi connectivity index (χ1n) is 20.0. The van der Waals surface area contributed by atoms with Crippen LogP contribution in [-0.4, -0.2) is 75.4 Å². The summed E-state index contributed by atoms with van der Waals surface area (Å²) in [6.07, 6.45) is 12.5. The summed E-state index contributed by atoms with van der Waals surface area (Å²) in [5, 5.41) is 26.6. The fourth-order valence-corrected chi connectivity index (χ4v) is 7.46. The maximum absolute atomic E-state index is 8.59. The molecule has 0 aliphatic carbocycles. The molecule has 3 aromatic carbocycles. The minimum atomic E-state index is -0.0246. The summed E-state index contributed by atoms with van der Waals surface area (Å²) < 4.78 is 0. The van der Waals surface area contributed by atoms with Crippen molar-refractivity contribution in [1.82, 2.24) is 15.5 Å². The molecule has 0 aromatic heterocycles. The van der Waals surface area contributed by atoms with Crippen molar-refractivity contribution in [3.63, 3.8) is 0 Å². The minimum Gasteiger partial charge on any atom is -0.391 e. The molecule has 0 bridgehead atoms. The average Bonchev–Trinajstić information content (AvgIpc) is 3.24. The van der Waals surface area contributed by atoms with E-state index in [0.29, 0.717) is 23.4 Å². The molecule has 2 aliphatic rings. The fraction of sp³-hybridized carbons (Fsp3) is 0.375. The van der Waals surface area contributed by atoms with Gasteiger partial charge in [0.1, 0.15) is 5.84 Å². The largest absolute Gasteiger partial charge is 0.391 e. The third kappa shape index (κ3) is 13.2. The summed E-state index contributed by atoms with van der Waals surface area (Å²) in [4.78, 5) is 5.20. The van der Waals surface area contributed by atoms with E-state index in [4.69, 9.17) is 16.6 Å². The van der Waals surface area contributed by atoms with E-state index in [1.54, 1.807) is 6.08 Å². The number of nitrogens with zero attached hydrogens (tertiary/aromatic N) is 2. The van der Waals surface area contributed by atoms with Gasteiger partial charge in [0.05, 0.1) is 5.71 Å². The van der Waals surface area contributed by atoms with Gasteiger partial charge in [-0.2, -0.15) is 0 Å². The molecule has 56 heavy (non-hydrogen) atoms. The molecule has 8 nitrogen and oxygen atoms in total. The van der Waals surface area contributed by atoms with Crippen LogP contribution in [0.1, 0.15) is 66.3 Å². The van der Waals surface area contributed by atoms with Crippen LogP contribution < -0.4 is 26.6 Å². The number of amidine groups is 1. The number of hydrogen-bond acceptors (Lipinski definition) is 7. The molecule has 0 radical (unpaired) electrons. The number of benzene rings is 3. The Kier molecular flexibility index (Phi) is 19.1. The number of piperidine rings is 2. The van der Waals surface area contributed by atoms with Crippen molar-refractivity contribution in [3.05, 3.63) is 145 Å². The van der Waals surface area contributed by atoms with Crippen LogP contribution in [0, 0.1) is 30.6 Å². The minimum absolute atomic E-state index is 0.0246. The van der Waals surface area contributed by atoms with Crippen LogP contribution in [0.3, 0.4) is 0 Å². The zero-order valence-corrected chi connectivity index (χ0v) is 34.6. The molecule has 1 atom stereocenters. The summed E-state index contributed by atoms with van der Waals surface area (Å²) in [6, 6.07) is 23.7. The normalized spacial score (nSPS) is 15.6. The summed E-state index contributed by atoms with van der Waals surface area (Å²) in [5.74, 6) is 0.696. The van der Waals surface area contributed by atoms with Gasteiger partial charge < -0.3 is 36.9 Å². The molecule has 5 rings (SSSR count). The Morgan fingerprint density at radius 1 is 0.893 bits per heavy atom. The van der Waals surface area contributed by atoms with Gasteiger partial charge in [0.15, 0.2) is 0 Å². The van der Waals surface area contributed by atoms with Crippen LogP contribution in [0.15, 0.2) is 117 Å². The summed E-state index contributed by atoms with van der Waals surface area (Å²) >= 11 is 0. The molecule has 3 aromatic rings. The molecule has 2 saturated heterocycles. The number of likely N-dealkylation sites (N-methyl/N-ethyl adjacent to an activating group) is 2. The topological polar surface area (TPSA) is 116 Å². The molecule has 2 fully saturated rings. The van der Waals surface area contributed by atoms with E-state index in [2.05, 4.69) is 95.9 Å². The Hall–Kier alpha value is -5.18. The summed E-state index contributed by atoms with van der Waals surface area (Å²) in [5.41, 5.74) is 15.6. The van der Waals surface area contributed by atoms with E-state index >= 15 is 0 Å². The predicted molar refractivity (Wildman–Crippen MR) is 245 cm³/mol. The molecule has 0 amide bonds. The van der Waals surface area contributed by atoms with E-state index < -0.39 is 0 Å². The number of nitrogens with two attached hydrogens (primary N) is 1. The zero-order valence-electron chi connectivity index (χ0n) is 34.6. The molecule has 0 spiro atoms. The lowest BCUT2D eigenvalue weighted by atomic mass is 9.93. The highest BCUT2D eigenvalue weighted by atomic mass is 15.2. The molecule has 7 N–H and O–H groups in total. The highest BCUT2D eigenvalue weighted by Crippen LogP contribution is 2.28. The second kappa shape index (κ2) is 23.7. The average molecular weight is 757 g/mol.